The fraction of sp³-hybridized carbons (Fsp3) is 0.517. The van der Waals surface area contributed by atoms with E-state index in [0.29, 0.717) is 41.4 Å². The molecular formula is C29H30Cl2F4N2O6S. The summed E-state index contributed by atoms with van der Waals surface area (Å²) in [5, 5.41) is -0.218. The molecule has 0 bridgehead atoms. The van der Waals surface area contributed by atoms with Gasteiger partial charge in [0.05, 0.1) is 10.8 Å². The van der Waals surface area contributed by atoms with Crippen molar-refractivity contribution < 1.29 is 45.1 Å². The highest BCUT2D eigenvalue weighted by atomic mass is 35.5. The first-order valence-corrected chi connectivity index (χ1v) is 16.3. The van der Waals surface area contributed by atoms with E-state index >= 15 is 4.39 Å². The van der Waals surface area contributed by atoms with Gasteiger partial charge < -0.3 is 9.57 Å². The van der Waals surface area contributed by atoms with Crippen LogP contribution >= 0.6 is 23.2 Å². The van der Waals surface area contributed by atoms with Crippen LogP contribution in [0.3, 0.4) is 0 Å². The van der Waals surface area contributed by atoms with Crippen molar-refractivity contribution in [3.8, 4) is 5.75 Å². The number of alkyl halides is 3. The number of likely N-dealkylation sites (tertiary alicyclic amines) is 1. The van der Waals surface area contributed by atoms with E-state index < -0.39 is 54.7 Å². The Labute approximate surface area is 262 Å². The Hall–Kier alpha value is -2.61. The monoisotopic (exact) mass is 680 g/mol. The quantitative estimate of drug-likeness (QED) is 0.225. The van der Waals surface area contributed by atoms with Gasteiger partial charge in [-0.2, -0.15) is 13.2 Å². The Bertz CT molecular complexity index is 1560. The summed E-state index contributed by atoms with van der Waals surface area (Å²) in [6.45, 7) is 5.26. The highest BCUT2D eigenvalue weighted by Crippen LogP contribution is 2.46. The average Bonchev–Trinajstić information content (AvgIpc) is 3.84. The number of amides is 1. The summed E-state index contributed by atoms with van der Waals surface area (Å²) in [7, 11) is -4.83. The second-order valence-electron chi connectivity index (χ2n) is 11.8. The van der Waals surface area contributed by atoms with Gasteiger partial charge in [-0.3, -0.25) is 9.69 Å². The lowest BCUT2D eigenvalue weighted by molar-refractivity contribution is -0.217. The smallest absolute Gasteiger partial charge is 0.489 e. The Morgan fingerprint density at radius 3 is 2.18 bits per heavy atom. The van der Waals surface area contributed by atoms with Crippen molar-refractivity contribution in [2.45, 2.75) is 81.4 Å². The summed E-state index contributed by atoms with van der Waals surface area (Å²) < 4.78 is 85.5. The van der Waals surface area contributed by atoms with E-state index in [4.69, 9.17) is 27.9 Å². The highest BCUT2D eigenvalue weighted by Gasteiger charge is 2.50. The van der Waals surface area contributed by atoms with Crippen LogP contribution < -0.4 is 4.74 Å². The lowest BCUT2D eigenvalue weighted by atomic mass is 9.89. The molecule has 0 spiro atoms. The van der Waals surface area contributed by atoms with Crippen LogP contribution in [0.5, 0.6) is 5.75 Å². The molecule has 1 amide bonds. The number of ether oxygens (including phenoxy) is 1. The summed E-state index contributed by atoms with van der Waals surface area (Å²) >= 11 is 12.5. The Kier molecular flexibility index (Phi) is 8.91. The first kappa shape index (κ1) is 32.8. The summed E-state index contributed by atoms with van der Waals surface area (Å²) in [5.74, 6) is -5.85. The van der Waals surface area contributed by atoms with Gasteiger partial charge in [-0.15, -0.1) is 0 Å². The third-order valence-electron chi connectivity index (χ3n) is 8.12. The van der Waals surface area contributed by atoms with Crippen LogP contribution in [0.2, 0.25) is 10.0 Å². The van der Waals surface area contributed by atoms with Crippen LogP contribution in [0.4, 0.5) is 17.6 Å². The normalized spacial score (nSPS) is 19.9. The van der Waals surface area contributed by atoms with Crippen LogP contribution in [-0.2, 0) is 25.2 Å². The Morgan fingerprint density at radius 1 is 0.977 bits per heavy atom. The lowest BCUT2D eigenvalue weighted by Gasteiger charge is -2.44. The first-order valence-electron chi connectivity index (χ1n) is 14.1. The summed E-state index contributed by atoms with van der Waals surface area (Å²) in [5.41, 5.74) is -0.0107. The predicted molar refractivity (Wildman–Crippen MR) is 153 cm³/mol. The van der Waals surface area contributed by atoms with Crippen molar-refractivity contribution in [3.63, 3.8) is 0 Å². The third-order valence-corrected chi connectivity index (χ3v) is 10.6. The molecule has 15 heteroatoms. The summed E-state index contributed by atoms with van der Waals surface area (Å²) in [6.07, 6.45) is -3.08. The van der Waals surface area contributed by atoms with Crippen molar-refractivity contribution in [3.05, 3.63) is 62.9 Å². The molecule has 240 valence electrons. The van der Waals surface area contributed by atoms with E-state index in [1.807, 2.05) is 26.0 Å². The molecule has 0 aromatic heterocycles. The van der Waals surface area contributed by atoms with Crippen LogP contribution in [0.25, 0.3) is 0 Å². The molecule has 2 aromatic carbocycles. The number of piperidine rings is 1. The van der Waals surface area contributed by atoms with Crippen molar-refractivity contribution in [2.75, 3.05) is 13.1 Å². The molecule has 0 unspecified atom stereocenters. The Morgan fingerprint density at radius 2 is 1.61 bits per heavy atom. The van der Waals surface area contributed by atoms with Gasteiger partial charge in [0, 0.05) is 28.2 Å². The number of sulfonamides is 1. The first-order chi connectivity index (χ1) is 20.5. The number of hydrogen-bond acceptors (Lipinski definition) is 7. The molecular weight excluding hydrogens is 651 g/mol. The maximum Gasteiger partial charge on any atom is 0.493 e. The molecule has 2 saturated carbocycles. The zero-order chi connectivity index (χ0) is 32.2. The van der Waals surface area contributed by atoms with Gasteiger partial charge >= 0.3 is 18.1 Å². The number of benzene rings is 2. The molecule has 0 radical (unpaired) electrons. The molecule has 3 fully saturated rings. The second kappa shape index (κ2) is 12.0. The molecule has 3 aliphatic rings. The molecule has 2 aromatic rings. The number of nitrogens with zero attached hydrogens (tertiary/aromatic N) is 2. The lowest BCUT2D eigenvalue weighted by Crippen LogP contribution is -2.50. The predicted octanol–water partition coefficient (Wildman–Crippen LogP) is 6.74. The van der Waals surface area contributed by atoms with Crippen molar-refractivity contribution in [2.24, 2.45) is 0 Å². The fourth-order valence-corrected chi connectivity index (χ4v) is 7.33. The molecule has 1 atom stereocenters. The van der Waals surface area contributed by atoms with E-state index in [2.05, 4.69) is 9.74 Å². The summed E-state index contributed by atoms with van der Waals surface area (Å²) in [4.78, 5) is 31.0. The van der Waals surface area contributed by atoms with Gasteiger partial charge in [-0.1, -0.05) is 27.7 Å². The average molecular weight is 682 g/mol. The van der Waals surface area contributed by atoms with E-state index in [-0.39, 0.29) is 30.6 Å². The number of hydrogen-bond donors (Lipinski definition) is 0. The van der Waals surface area contributed by atoms with Gasteiger partial charge in [0.1, 0.15) is 17.7 Å². The van der Waals surface area contributed by atoms with Crippen molar-refractivity contribution in [1.29, 1.82) is 0 Å². The Balaban J connectivity index is 1.41. The van der Waals surface area contributed by atoms with Crippen molar-refractivity contribution in [1.82, 2.24) is 9.37 Å². The molecule has 2 aliphatic carbocycles. The minimum absolute atomic E-state index is 0.0534. The largest absolute Gasteiger partial charge is 0.493 e. The minimum Gasteiger partial charge on any atom is -0.489 e. The van der Waals surface area contributed by atoms with E-state index in [1.54, 1.807) is 6.07 Å². The zero-order valence-electron chi connectivity index (χ0n) is 23.8. The number of carbonyl (C=O) groups is 2. The molecule has 8 nitrogen and oxygen atoms in total. The molecule has 44 heavy (non-hydrogen) atoms. The topological polar surface area (TPSA) is 93.2 Å². The maximum atomic E-state index is 15.5. The third kappa shape index (κ3) is 6.95. The maximum absolute atomic E-state index is 15.5. The van der Waals surface area contributed by atoms with Crippen LogP contribution in [0, 0.1) is 5.82 Å². The van der Waals surface area contributed by atoms with Crippen LogP contribution in [-0.4, -0.2) is 60.3 Å². The van der Waals surface area contributed by atoms with E-state index in [0.717, 1.165) is 30.7 Å². The summed E-state index contributed by atoms with van der Waals surface area (Å²) in [6, 6.07) is 7.35. The number of carbonyl (C=O) groups excluding carboxylic acids is 2. The standard InChI is InChI=1S/C29H30Cl2F4N2O6S/c1-28(2,17-10-18(30)12-19(31)11-17)36-9-3-4-20(15-36)42-25-14-24(32)23(13-22(25)16-5-6-16)26(38)37(43-27(39)29(33,34)35)44(40,41)21-7-8-21/h10-14,16,20-21H,3-9,15H2,1-2H3/t20-/m1/s1. The van der Waals surface area contributed by atoms with Gasteiger partial charge in [0.25, 0.3) is 10.0 Å². The fourth-order valence-electron chi connectivity index (χ4n) is 5.30. The number of halogens is 6. The van der Waals surface area contributed by atoms with E-state index in [9.17, 15) is 31.2 Å². The van der Waals surface area contributed by atoms with Gasteiger partial charge in [-0.05, 0) is 100 Å². The van der Waals surface area contributed by atoms with Gasteiger partial charge in [0.2, 0.25) is 0 Å². The molecule has 5 rings (SSSR count). The van der Waals surface area contributed by atoms with Crippen molar-refractivity contribution >= 4 is 45.1 Å². The molecule has 1 heterocycles. The second-order valence-corrected chi connectivity index (χ2v) is 14.7. The van der Waals surface area contributed by atoms with Gasteiger partial charge in [0.15, 0.2) is 0 Å². The van der Waals surface area contributed by atoms with Crippen LogP contribution in [0.1, 0.15) is 79.8 Å². The number of hydroxylamine groups is 1. The molecule has 0 N–H and O–H groups in total. The zero-order valence-corrected chi connectivity index (χ0v) is 26.1. The van der Waals surface area contributed by atoms with Crippen LogP contribution in [0.15, 0.2) is 30.3 Å². The van der Waals surface area contributed by atoms with E-state index in [1.165, 1.54) is 0 Å². The minimum atomic E-state index is -5.59. The highest BCUT2D eigenvalue weighted by molar-refractivity contribution is 7.90. The van der Waals surface area contributed by atoms with Gasteiger partial charge in [-0.25, -0.2) is 17.6 Å². The molecule has 1 aliphatic heterocycles. The number of rotatable bonds is 8. The SMILES string of the molecule is CC(C)(c1cc(Cl)cc(Cl)c1)N1CCC[C@@H](Oc2cc(F)c(C(=O)N(OC(=O)C(F)(F)F)S(=O)(=O)C3CC3)cc2C2CC2)C1. The molecule has 1 saturated heterocycles.